The van der Waals surface area contributed by atoms with Crippen LogP contribution < -0.4 is 10.6 Å². The monoisotopic (exact) mass is 248 g/mol. The van der Waals surface area contributed by atoms with Crippen LogP contribution in [0.25, 0.3) is 0 Å². The number of rotatable bonds is 3. The van der Waals surface area contributed by atoms with Crippen LogP contribution in [0.4, 0.5) is 0 Å². The second kappa shape index (κ2) is 5.14. The molecule has 0 spiro atoms. The Bertz CT molecular complexity index is 459. The Labute approximate surface area is 105 Å². The van der Waals surface area contributed by atoms with Crippen LogP contribution in [-0.2, 0) is 6.54 Å². The molecule has 1 aromatic rings. The number of thiophene rings is 1. The normalized spacial score (nSPS) is 21.6. The molecular weight excluding hydrogens is 232 g/mol. The molecule has 0 fully saturated rings. The van der Waals surface area contributed by atoms with E-state index in [1.54, 1.807) is 11.3 Å². The van der Waals surface area contributed by atoms with E-state index in [4.69, 9.17) is 0 Å². The van der Waals surface area contributed by atoms with Gasteiger partial charge in [-0.15, -0.1) is 11.3 Å². The fraction of sp³-hybridized carbons (Fsp3) is 0.333. The molecule has 0 saturated carbocycles. The predicted molar refractivity (Wildman–Crippen MR) is 73.4 cm³/mol. The van der Waals surface area contributed by atoms with Crippen LogP contribution in [0.5, 0.6) is 0 Å². The van der Waals surface area contributed by atoms with Crippen LogP contribution in [0.15, 0.2) is 39.6 Å². The van der Waals surface area contributed by atoms with E-state index in [-0.39, 0.29) is 6.17 Å². The van der Waals surface area contributed by atoms with Gasteiger partial charge in [0.2, 0.25) is 0 Å². The largest absolute Gasteiger partial charge is 0.334 e. The highest BCUT2D eigenvalue weighted by Gasteiger charge is 2.14. The van der Waals surface area contributed by atoms with Crippen molar-refractivity contribution in [1.82, 2.24) is 10.6 Å². The molecule has 2 heterocycles. The smallest absolute Gasteiger partial charge is 0.198 e. The maximum atomic E-state index is 4.49. The van der Waals surface area contributed by atoms with Gasteiger partial charge in [0.25, 0.3) is 0 Å². The van der Waals surface area contributed by atoms with Gasteiger partial charge in [0, 0.05) is 4.88 Å². The number of aliphatic imine (C=N–C) groups is 2. The SMILES string of the molecule is C=C(C)C1=NC(C)NC(=NCc2cccs2)N1. The summed E-state index contributed by atoms with van der Waals surface area (Å²) in [7, 11) is 0. The lowest BCUT2D eigenvalue weighted by molar-refractivity contribution is 0.666. The molecule has 1 aliphatic rings. The molecule has 1 aliphatic heterocycles. The summed E-state index contributed by atoms with van der Waals surface area (Å²) in [6, 6.07) is 4.11. The Kier molecular flexibility index (Phi) is 3.58. The van der Waals surface area contributed by atoms with E-state index in [1.165, 1.54) is 4.88 Å². The second-order valence-electron chi connectivity index (χ2n) is 3.95. The molecule has 1 aromatic heterocycles. The third-order valence-electron chi connectivity index (χ3n) is 2.28. The molecule has 2 N–H and O–H groups in total. The quantitative estimate of drug-likeness (QED) is 0.860. The van der Waals surface area contributed by atoms with Gasteiger partial charge in [-0.05, 0) is 30.9 Å². The molecule has 1 unspecified atom stereocenters. The maximum absolute atomic E-state index is 4.49. The Balaban J connectivity index is 2.05. The van der Waals surface area contributed by atoms with Gasteiger partial charge in [-0.25, -0.2) is 9.98 Å². The average Bonchev–Trinajstić information content (AvgIpc) is 2.78. The van der Waals surface area contributed by atoms with Crippen LogP contribution in [0.1, 0.15) is 18.7 Å². The third kappa shape index (κ3) is 3.17. The molecule has 4 nitrogen and oxygen atoms in total. The molecule has 90 valence electrons. The highest BCUT2D eigenvalue weighted by molar-refractivity contribution is 7.09. The summed E-state index contributed by atoms with van der Waals surface area (Å²) in [5.74, 6) is 1.57. The van der Waals surface area contributed by atoms with Gasteiger partial charge in [0.05, 0.1) is 6.54 Å². The zero-order chi connectivity index (χ0) is 12.3. The summed E-state index contributed by atoms with van der Waals surface area (Å²) in [5.41, 5.74) is 0.919. The molecule has 5 heteroatoms. The lowest BCUT2D eigenvalue weighted by atomic mass is 10.3. The molecule has 0 saturated heterocycles. The van der Waals surface area contributed by atoms with E-state index >= 15 is 0 Å². The fourth-order valence-electron chi connectivity index (χ4n) is 1.47. The van der Waals surface area contributed by atoms with Crippen LogP contribution in [0.3, 0.4) is 0 Å². The van der Waals surface area contributed by atoms with Crippen LogP contribution in [0.2, 0.25) is 0 Å². The Morgan fingerprint density at radius 2 is 2.47 bits per heavy atom. The second-order valence-corrected chi connectivity index (χ2v) is 4.98. The zero-order valence-electron chi connectivity index (χ0n) is 10.0. The van der Waals surface area contributed by atoms with Gasteiger partial charge in [-0.3, -0.25) is 0 Å². The average molecular weight is 248 g/mol. The summed E-state index contributed by atoms with van der Waals surface area (Å²) in [6.07, 6.45) is 0.0324. The van der Waals surface area contributed by atoms with Gasteiger partial charge in [0.15, 0.2) is 5.96 Å². The van der Waals surface area contributed by atoms with Crippen molar-refractivity contribution in [2.75, 3.05) is 0 Å². The fourth-order valence-corrected chi connectivity index (χ4v) is 2.09. The standard InChI is InChI=1S/C12H16N4S/c1-8(2)11-14-9(3)15-12(16-11)13-7-10-5-4-6-17-10/h4-6,9H,1,7H2,2-3H3,(H2,13,14,15,16). The number of hydrogen-bond donors (Lipinski definition) is 2. The van der Waals surface area contributed by atoms with Gasteiger partial charge in [0.1, 0.15) is 12.0 Å². The van der Waals surface area contributed by atoms with E-state index < -0.39 is 0 Å². The summed E-state index contributed by atoms with van der Waals surface area (Å²) in [6.45, 7) is 8.49. The van der Waals surface area contributed by atoms with E-state index in [1.807, 2.05) is 19.9 Å². The van der Waals surface area contributed by atoms with E-state index in [0.29, 0.717) is 6.54 Å². The van der Waals surface area contributed by atoms with Crippen molar-refractivity contribution >= 4 is 23.1 Å². The van der Waals surface area contributed by atoms with Gasteiger partial charge in [-0.2, -0.15) is 0 Å². The van der Waals surface area contributed by atoms with Gasteiger partial charge >= 0.3 is 0 Å². The lowest BCUT2D eigenvalue weighted by Gasteiger charge is -2.23. The Hall–Kier alpha value is -1.62. The van der Waals surface area contributed by atoms with Crippen molar-refractivity contribution in [1.29, 1.82) is 0 Å². The summed E-state index contributed by atoms with van der Waals surface area (Å²) < 4.78 is 0. The number of hydrogen-bond acceptors (Lipinski definition) is 3. The first-order valence-electron chi connectivity index (χ1n) is 5.49. The van der Waals surface area contributed by atoms with Gasteiger partial charge in [-0.1, -0.05) is 12.6 Å². The number of nitrogens with one attached hydrogen (secondary N) is 2. The number of guanidine groups is 1. The highest BCUT2D eigenvalue weighted by Crippen LogP contribution is 2.09. The van der Waals surface area contributed by atoms with Crippen molar-refractivity contribution in [3.05, 3.63) is 34.5 Å². The molecule has 17 heavy (non-hydrogen) atoms. The lowest BCUT2D eigenvalue weighted by Crippen LogP contribution is -2.49. The molecular formula is C12H16N4S. The van der Waals surface area contributed by atoms with Crippen LogP contribution in [-0.4, -0.2) is 18.0 Å². The summed E-state index contributed by atoms with van der Waals surface area (Å²) in [4.78, 5) is 10.1. The minimum absolute atomic E-state index is 0.0324. The maximum Gasteiger partial charge on any atom is 0.198 e. The zero-order valence-corrected chi connectivity index (χ0v) is 10.8. The molecule has 0 radical (unpaired) electrons. The first kappa shape index (κ1) is 11.9. The predicted octanol–water partition coefficient (Wildman–Crippen LogP) is 2.12. The van der Waals surface area contributed by atoms with E-state index in [0.717, 1.165) is 17.4 Å². The Morgan fingerprint density at radius 3 is 3.12 bits per heavy atom. The van der Waals surface area contributed by atoms with Crippen molar-refractivity contribution in [2.45, 2.75) is 26.6 Å². The number of amidine groups is 1. The third-order valence-corrected chi connectivity index (χ3v) is 3.14. The van der Waals surface area contributed by atoms with Crippen molar-refractivity contribution < 1.29 is 0 Å². The molecule has 0 bridgehead atoms. The minimum atomic E-state index is 0.0324. The summed E-state index contributed by atoms with van der Waals surface area (Å²) in [5, 5.41) is 8.37. The first-order chi connectivity index (χ1) is 8.15. The van der Waals surface area contributed by atoms with Crippen molar-refractivity contribution in [2.24, 2.45) is 9.98 Å². The first-order valence-corrected chi connectivity index (χ1v) is 6.37. The molecule has 0 aromatic carbocycles. The molecule has 2 rings (SSSR count). The van der Waals surface area contributed by atoms with E-state index in [9.17, 15) is 0 Å². The van der Waals surface area contributed by atoms with E-state index in [2.05, 4.69) is 38.6 Å². The van der Waals surface area contributed by atoms with Crippen LogP contribution >= 0.6 is 11.3 Å². The van der Waals surface area contributed by atoms with Gasteiger partial charge < -0.3 is 10.6 Å². The molecule has 0 aliphatic carbocycles. The van der Waals surface area contributed by atoms with Crippen molar-refractivity contribution in [3.8, 4) is 0 Å². The summed E-state index contributed by atoms with van der Waals surface area (Å²) >= 11 is 1.71. The number of nitrogens with zero attached hydrogens (tertiary/aromatic N) is 2. The minimum Gasteiger partial charge on any atom is -0.334 e. The highest BCUT2D eigenvalue weighted by atomic mass is 32.1. The van der Waals surface area contributed by atoms with Crippen molar-refractivity contribution in [3.63, 3.8) is 0 Å². The Morgan fingerprint density at radius 1 is 1.65 bits per heavy atom. The topological polar surface area (TPSA) is 48.8 Å². The molecule has 0 amide bonds. The van der Waals surface area contributed by atoms with Crippen LogP contribution in [0, 0.1) is 0 Å². The molecule has 1 atom stereocenters.